The zero-order chi connectivity index (χ0) is 13.2. The van der Waals surface area contributed by atoms with Crippen molar-refractivity contribution >= 4 is 0 Å². The van der Waals surface area contributed by atoms with Crippen LogP contribution in [0.5, 0.6) is 5.75 Å². The second kappa shape index (κ2) is 5.09. The summed E-state index contributed by atoms with van der Waals surface area (Å²) in [6, 6.07) is 4.43. The van der Waals surface area contributed by atoms with E-state index in [2.05, 4.69) is 46.8 Å². The van der Waals surface area contributed by atoms with Crippen molar-refractivity contribution in [2.75, 3.05) is 13.7 Å². The third kappa shape index (κ3) is 3.01. The standard InChI is InChI=1S/C15H25NO/c1-10-7-12(11(2)9-16)8-13(14(10)17-6)15(3,4)5/h7-8,11H,9,16H2,1-6H3. The minimum absolute atomic E-state index is 0.0838. The average molecular weight is 235 g/mol. The van der Waals surface area contributed by atoms with Crippen molar-refractivity contribution in [1.29, 1.82) is 0 Å². The van der Waals surface area contributed by atoms with E-state index in [9.17, 15) is 0 Å². The van der Waals surface area contributed by atoms with Crippen molar-refractivity contribution in [2.45, 2.75) is 46.0 Å². The minimum atomic E-state index is 0.0838. The Hall–Kier alpha value is -1.02. The Morgan fingerprint density at radius 2 is 1.88 bits per heavy atom. The van der Waals surface area contributed by atoms with Gasteiger partial charge in [-0.25, -0.2) is 0 Å². The molecule has 96 valence electrons. The maximum Gasteiger partial charge on any atom is 0.125 e. The lowest BCUT2D eigenvalue weighted by Gasteiger charge is -2.25. The molecule has 2 heteroatoms. The summed E-state index contributed by atoms with van der Waals surface area (Å²) in [5.74, 6) is 1.39. The van der Waals surface area contributed by atoms with Crippen LogP contribution in [0.3, 0.4) is 0 Å². The van der Waals surface area contributed by atoms with Crippen LogP contribution in [0.15, 0.2) is 12.1 Å². The molecule has 1 aromatic rings. The summed E-state index contributed by atoms with van der Waals surface area (Å²) < 4.78 is 5.54. The highest BCUT2D eigenvalue weighted by Gasteiger charge is 2.22. The molecule has 0 aliphatic heterocycles. The van der Waals surface area contributed by atoms with E-state index in [0.29, 0.717) is 12.5 Å². The normalized spacial score (nSPS) is 13.6. The molecular weight excluding hydrogens is 210 g/mol. The molecule has 2 nitrogen and oxygen atoms in total. The van der Waals surface area contributed by atoms with Crippen LogP contribution in [-0.4, -0.2) is 13.7 Å². The van der Waals surface area contributed by atoms with Gasteiger partial charge in [0.15, 0.2) is 0 Å². The Kier molecular flexibility index (Phi) is 4.21. The molecule has 1 unspecified atom stereocenters. The van der Waals surface area contributed by atoms with E-state index in [1.165, 1.54) is 16.7 Å². The summed E-state index contributed by atoms with van der Waals surface area (Å²) >= 11 is 0. The maximum absolute atomic E-state index is 5.75. The highest BCUT2D eigenvalue weighted by Crippen LogP contribution is 2.36. The van der Waals surface area contributed by atoms with Crippen LogP contribution in [0.25, 0.3) is 0 Å². The quantitative estimate of drug-likeness (QED) is 0.872. The van der Waals surface area contributed by atoms with Gasteiger partial charge in [0.05, 0.1) is 7.11 Å². The van der Waals surface area contributed by atoms with Crippen LogP contribution in [0.4, 0.5) is 0 Å². The predicted molar refractivity (Wildman–Crippen MR) is 73.9 cm³/mol. The number of benzene rings is 1. The van der Waals surface area contributed by atoms with E-state index in [1.807, 2.05) is 0 Å². The van der Waals surface area contributed by atoms with Crippen LogP contribution >= 0.6 is 0 Å². The molecule has 0 fully saturated rings. The van der Waals surface area contributed by atoms with Crippen molar-refractivity contribution in [3.8, 4) is 5.75 Å². The van der Waals surface area contributed by atoms with Gasteiger partial charge in [-0.15, -0.1) is 0 Å². The van der Waals surface area contributed by atoms with Gasteiger partial charge < -0.3 is 10.5 Å². The molecule has 0 saturated carbocycles. The molecule has 1 rings (SSSR count). The monoisotopic (exact) mass is 235 g/mol. The summed E-state index contributed by atoms with van der Waals surface area (Å²) in [5, 5.41) is 0. The topological polar surface area (TPSA) is 35.2 Å². The summed E-state index contributed by atoms with van der Waals surface area (Å²) in [6.45, 7) is 11.6. The van der Waals surface area contributed by atoms with E-state index in [-0.39, 0.29) is 5.41 Å². The second-order valence-electron chi connectivity index (χ2n) is 5.81. The van der Waals surface area contributed by atoms with E-state index >= 15 is 0 Å². The molecule has 1 atom stereocenters. The molecule has 0 aromatic heterocycles. The number of aryl methyl sites for hydroxylation is 1. The van der Waals surface area contributed by atoms with Gasteiger partial charge in [-0.2, -0.15) is 0 Å². The first-order valence-electron chi connectivity index (χ1n) is 6.20. The van der Waals surface area contributed by atoms with Crippen LogP contribution < -0.4 is 10.5 Å². The molecule has 1 aromatic carbocycles. The Morgan fingerprint density at radius 3 is 2.29 bits per heavy atom. The fourth-order valence-electron chi connectivity index (χ4n) is 2.05. The zero-order valence-electron chi connectivity index (χ0n) is 11.9. The van der Waals surface area contributed by atoms with Crippen molar-refractivity contribution in [3.05, 3.63) is 28.8 Å². The summed E-state index contributed by atoms with van der Waals surface area (Å²) in [7, 11) is 1.74. The highest BCUT2D eigenvalue weighted by molar-refractivity contribution is 5.48. The number of hydrogen-bond donors (Lipinski definition) is 1. The highest BCUT2D eigenvalue weighted by atomic mass is 16.5. The third-order valence-corrected chi connectivity index (χ3v) is 3.23. The van der Waals surface area contributed by atoms with Gasteiger partial charge in [-0.3, -0.25) is 0 Å². The smallest absolute Gasteiger partial charge is 0.125 e. The molecular formula is C15H25NO. The fourth-order valence-corrected chi connectivity index (χ4v) is 2.05. The van der Waals surface area contributed by atoms with Gasteiger partial charge in [0.25, 0.3) is 0 Å². The van der Waals surface area contributed by atoms with Gasteiger partial charge in [-0.05, 0) is 35.9 Å². The Morgan fingerprint density at radius 1 is 1.29 bits per heavy atom. The Balaban J connectivity index is 3.39. The molecule has 0 aliphatic rings. The Bertz CT molecular complexity index is 391. The molecule has 0 heterocycles. The van der Waals surface area contributed by atoms with Gasteiger partial charge in [0.1, 0.15) is 5.75 Å². The van der Waals surface area contributed by atoms with E-state index < -0.39 is 0 Å². The first kappa shape index (κ1) is 14.0. The van der Waals surface area contributed by atoms with Crippen LogP contribution in [0, 0.1) is 6.92 Å². The number of hydrogen-bond acceptors (Lipinski definition) is 2. The molecule has 2 N–H and O–H groups in total. The van der Waals surface area contributed by atoms with Crippen molar-refractivity contribution < 1.29 is 4.74 Å². The largest absolute Gasteiger partial charge is 0.496 e. The van der Waals surface area contributed by atoms with Crippen molar-refractivity contribution in [3.63, 3.8) is 0 Å². The number of rotatable bonds is 3. The van der Waals surface area contributed by atoms with Crippen LogP contribution in [0.1, 0.15) is 50.3 Å². The molecule has 0 aliphatic carbocycles. The van der Waals surface area contributed by atoms with E-state index in [4.69, 9.17) is 10.5 Å². The first-order chi connectivity index (χ1) is 7.81. The third-order valence-electron chi connectivity index (χ3n) is 3.23. The van der Waals surface area contributed by atoms with Crippen LogP contribution in [-0.2, 0) is 5.41 Å². The first-order valence-corrected chi connectivity index (χ1v) is 6.20. The summed E-state index contributed by atoms with van der Waals surface area (Å²) in [4.78, 5) is 0. The molecule has 0 bridgehead atoms. The van der Waals surface area contributed by atoms with Crippen molar-refractivity contribution in [2.24, 2.45) is 5.73 Å². The van der Waals surface area contributed by atoms with E-state index in [0.717, 1.165) is 5.75 Å². The van der Waals surface area contributed by atoms with Gasteiger partial charge in [-0.1, -0.05) is 39.8 Å². The van der Waals surface area contributed by atoms with Gasteiger partial charge in [0, 0.05) is 5.56 Å². The maximum atomic E-state index is 5.75. The lowest BCUT2D eigenvalue weighted by atomic mass is 9.82. The number of ether oxygens (including phenoxy) is 1. The predicted octanol–water partition coefficient (Wildman–Crippen LogP) is 3.36. The molecule has 0 radical (unpaired) electrons. The molecule has 0 amide bonds. The van der Waals surface area contributed by atoms with Crippen molar-refractivity contribution in [1.82, 2.24) is 0 Å². The SMILES string of the molecule is COc1c(C)cc(C(C)CN)cc1C(C)(C)C. The lowest BCUT2D eigenvalue weighted by molar-refractivity contribution is 0.394. The minimum Gasteiger partial charge on any atom is -0.496 e. The van der Waals surface area contributed by atoms with Crippen LogP contribution in [0.2, 0.25) is 0 Å². The lowest BCUT2D eigenvalue weighted by Crippen LogP contribution is -2.16. The van der Waals surface area contributed by atoms with Gasteiger partial charge >= 0.3 is 0 Å². The molecule has 0 spiro atoms. The van der Waals surface area contributed by atoms with E-state index in [1.54, 1.807) is 7.11 Å². The van der Waals surface area contributed by atoms with Gasteiger partial charge in [0.2, 0.25) is 0 Å². The number of nitrogens with two attached hydrogens (primary N) is 1. The average Bonchev–Trinajstić information content (AvgIpc) is 2.25. The number of methoxy groups -OCH3 is 1. The molecule has 17 heavy (non-hydrogen) atoms. The second-order valence-corrected chi connectivity index (χ2v) is 5.81. The summed E-state index contributed by atoms with van der Waals surface area (Å²) in [6.07, 6.45) is 0. The molecule has 0 saturated heterocycles. The zero-order valence-corrected chi connectivity index (χ0v) is 11.9. The fraction of sp³-hybridized carbons (Fsp3) is 0.600. The summed E-state index contributed by atoms with van der Waals surface area (Å²) in [5.41, 5.74) is 9.59. The Labute approximate surface area is 105 Å².